The van der Waals surface area contributed by atoms with Gasteiger partial charge >= 0.3 is 0 Å². The van der Waals surface area contributed by atoms with Gasteiger partial charge in [0, 0.05) is 29.4 Å². The number of rotatable bonds is 7. The molecule has 0 radical (unpaired) electrons. The van der Waals surface area contributed by atoms with E-state index in [1.165, 1.54) is 12.1 Å². The number of carbonyl (C=O) groups is 1. The molecule has 0 bridgehead atoms. The van der Waals surface area contributed by atoms with Crippen molar-refractivity contribution in [2.24, 2.45) is 0 Å². The fourth-order valence-corrected chi connectivity index (χ4v) is 4.31. The Kier molecular flexibility index (Phi) is 6.34. The number of nitrogens with one attached hydrogen (secondary N) is 1. The lowest BCUT2D eigenvalue weighted by Crippen LogP contribution is -2.31. The maximum Gasteiger partial charge on any atom is 0.240 e. The number of hydrogen-bond donors (Lipinski definition) is 1. The van der Waals surface area contributed by atoms with E-state index >= 15 is 0 Å². The van der Waals surface area contributed by atoms with Crippen molar-refractivity contribution in [3.05, 3.63) is 51.1 Å². The third-order valence-electron chi connectivity index (χ3n) is 3.14. The molecule has 0 aliphatic rings. The van der Waals surface area contributed by atoms with Gasteiger partial charge in [-0.15, -0.1) is 11.3 Å². The molecule has 0 unspecified atom stereocenters. The van der Waals surface area contributed by atoms with Crippen molar-refractivity contribution in [2.75, 3.05) is 13.6 Å². The van der Waals surface area contributed by atoms with Gasteiger partial charge in [0.2, 0.25) is 15.9 Å². The van der Waals surface area contributed by atoms with E-state index < -0.39 is 10.0 Å². The number of nitrogens with zero attached hydrogens (tertiary/aromatic N) is 1. The van der Waals surface area contributed by atoms with E-state index in [2.05, 4.69) is 20.7 Å². The minimum Gasteiger partial charge on any atom is -0.341 e. The lowest BCUT2D eigenvalue weighted by molar-refractivity contribution is -0.130. The number of thiophene rings is 1. The zero-order chi connectivity index (χ0) is 16.9. The van der Waals surface area contributed by atoms with Crippen LogP contribution in [0.3, 0.4) is 0 Å². The Bertz CT molecular complexity index is 761. The summed E-state index contributed by atoms with van der Waals surface area (Å²) >= 11 is 4.83. The largest absolute Gasteiger partial charge is 0.341 e. The van der Waals surface area contributed by atoms with Crippen LogP contribution in [0.4, 0.5) is 0 Å². The van der Waals surface area contributed by atoms with Crippen LogP contribution in [0.15, 0.2) is 51.1 Å². The van der Waals surface area contributed by atoms with Crippen molar-refractivity contribution in [3.8, 4) is 0 Å². The maximum atomic E-state index is 12.1. The Morgan fingerprint density at radius 2 is 2.09 bits per heavy atom. The summed E-state index contributed by atoms with van der Waals surface area (Å²) in [6.07, 6.45) is 0.120. The third-order valence-corrected chi connectivity index (χ3v) is 5.95. The van der Waals surface area contributed by atoms with Crippen LogP contribution in [0.25, 0.3) is 0 Å². The minimum absolute atomic E-state index is 0.0719. The lowest BCUT2D eigenvalue weighted by Gasteiger charge is -2.16. The smallest absolute Gasteiger partial charge is 0.240 e. The highest BCUT2D eigenvalue weighted by atomic mass is 79.9. The zero-order valence-corrected chi connectivity index (χ0v) is 15.7. The molecule has 0 saturated carbocycles. The van der Waals surface area contributed by atoms with E-state index in [-0.39, 0.29) is 23.8 Å². The zero-order valence-electron chi connectivity index (χ0n) is 12.5. The number of sulfonamides is 1. The number of carbonyl (C=O) groups excluding carboxylic acids is 1. The van der Waals surface area contributed by atoms with E-state index in [0.29, 0.717) is 11.0 Å². The summed E-state index contributed by atoms with van der Waals surface area (Å²) in [6, 6.07) is 10.3. The molecule has 23 heavy (non-hydrogen) atoms. The molecular formula is C15H17BrN2O3S2. The Hall–Kier alpha value is -1.22. The number of benzene rings is 1. The average molecular weight is 417 g/mol. The Balaban J connectivity index is 1.85. The van der Waals surface area contributed by atoms with E-state index in [9.17, 15) is 13.2 Å². The van der Waals surface area contributed by atoms with Crippen LogP contribution in [0.1, 0.15) is 11.3 Å². The normalized spacial score (nSPS) is 11.4. The first-order chi connectivity index (χ1) is 10.9. The highest BCUT2D eigenvalue weighted by Gasteiger charge is 2.15. The maximum absolute atomic E-state index is 12.1. The van der Waals surface area contributed by atoms with Crippen molar-refractivity contribution < 1.29 is 13.2 Å². The molecule has 0 aliphatic heterocycles. The topological polar surface area (TPSA) is 66.5 Å². The predicted octanol–water partition coefficient (Wildman–Crippen LogP) is 2.84. The van der Waals surface area contributed by atoms with Crippen LogP contribution >= 0.6 is 27.3 Å². The van der Waals surface area contributed by atoms with Crippen LogP contribution in [0, 0.1) is 0 Å². The molecule has 0 fully saturated rings. The molecule has 1 heterocycles. The second-order valence-electron chi connectivity index (χ2n) is 4.93. The van der Waals surface area contributed by atoms with E-state index in [4.69, 9.17) is 0 Å². The molecule has 2 aromatic rings. The predicted molar refractivity (Wildman–Crippen MR) is 94.7 cm³/mol. The molecule has 0 atom stereocenters. The summed E-state index contributed by atoms with van der Waals surface area (Å²) in [7, 11) is -1.89. The molecule has 1 amide bonds. The molecule has 1 aromatic heterocycles. The van der Waals surface area contributed by atoms with E-state index in [1.807, 2.05) is 17.5 Å². The third kappa shape index (κ3) is 5.42. The first-order valence-corrected chi connectivity index (χ1v) is 10.1. The van der Waals surface area contributed by atoms with Gasteiger partial charge in [0.15, 0.2) is 0 Å². The monoisotopic (exact) mass is 416 g/mol. The second-order valence-corrected chi connectivity index (χ2v) is 8.65. The van der Waals surface area contributed by atoms with Crippen molar-refractivity contribution in [3.63, 3.8) is 0 Å². The molecule has 0 aliphatic carbocycles. The highest BCUT2D eigenvalue weighted by Crippen LogP contribution is 2.16. The summed E-state index contributed by atoms with van der Waals surface area (Å²) in [5.41, 5.74) is 0. The van der Waals surface area contributed by atoms with Gasteiger partial charge in [0.25, 0.3) is 0 Å². The molecule has 1 N–H and O–H groups in total. The van der Waals surface area contributed by atoms with Crippen LogP contribution in [-0.4, -0.2) is 32.8 Å². The van der Waals surface area contributed by atoms with Crippen LogP contribution in [-0.2, 0) is 21.4 Å². The Morgan fingerprint density at radius 3 is 2.74 bits per heavy atom. The average Bonchev–Trinajstić information content (AvgIpc) is 3.00. The summed E-state index contributed by atoms with van der Waals surface area (Å²) in [4.78, 5) is 14.9. The van der Waals surface area contributed by atoms with Gasteiger partial charge in [-0.05, 0) is 29.6 Å². The molecule has 0 saturated heterocycles. The summed E-state index contributed by atoms with van der Waals surface area (Å²) in [5, 5.41) is 1.96. The standard InChI is InChI=1S/C15H17BrN2O3S2/c1-18(11-13-5-3-9-22-13)15(19)7-8-17-23(20,21)14-6-2-4-12(16)10-14/h2-6,9-10,17H,7-8,11H2,1H3. The Labute approximate surface area is 148 Å². The van der Waals surface area contributed by atoms with E-state index in [0.717, 1.165) is 4.88 Å². The van der Waals surface area contributed by atoms with E-state index in [1.54, 1.807) is 35.4 Å². The minimum atomic E-state index is -3.60. The highest BCUT2D eigenvalue weighted by molar-refractivity contribution is 9.10. The van der Waals surface area contributed by atoms with Crippen LogP contribution in [0.5, 0.6) is 0 Å². The molecular weight excluding hydrogens is 400 g/mol. The lowest BCUT2D eigenvalue weighted by atomic mass is 10.3. The second kappa shape index (κ2) is 8.05. The number of halogens is 1. The van der Waals surface area contributed by atoms with Gasteiger partial charge in [-0.1, -0.05) is 28.1 Å². The number of amides is 1. The van der Waals surface area contributed by atoms with Crippen molar-refractivity contribution in [2.45, 2.75) is 17.9 Å². The molecule has 0 spiro atoms. The molecule has 124 valence electrons. The molecule has 5 nitrogen and oxygen atoms in total. The summed E-state index contributed by atoms with van der Waals surface area (Å²) < 4.78 is 27.4. The van der Waals surface area contributed by atoms with Gasteiger partial charge in [0.1, 0.15) is 0 Å². The van der Waals surface area contributed by atoms with Crippen LogP contribution in [0.2, 0.25) is 0 Å². The van der Waals surface area contributed by atoms with Gasteiger partial charge in [0.05, 0.1) is 11.4 Å². The number of hydrogen-bond acceptors (Lipinski definition) is 4. The summed E-state index contributed by atoms with van der Waals surface area (Å²) in [6.45, 7) is 0.608. The van der Waals surface area contributed by atoms with Gasteiger partial charge < -0.3 is 4.90 Å². The van der Waals surface area contributed by atoms with Crippen molar-refractivity contribution in [1.29, 1.82) is 0 Å². The first-order valence-electron chi connectivity index (χ1n) is 6.90. The summed E-state index contributed by atoms with van der Waals surface area (Å²) in [5.74, 6) is -0.102. The Morgan fingerprint density at radius 1 is 1.30 bits per heavy atom. The first kappa shape index (κ1) is 18.1. The van der Waals surface area contributed by atoms with Gasteiger partial charge in [-0.25, -0.2) is 13.1 Å². The van der Waals surface area contributed by atoms with Gasteiger partial charge in [-0.3, -0.25) is 4.79 Å². The molecule has 1 aromatic carbocycles. The fraction of sp³-hybridized carbons (Fsp3) is 0.267. The quantitative estimate of drug-likeness (QED) is 0.754. The molecule has 2 rings (SSSR count). The van der Waals surface area contributed by atoms with Crippen molar-refractivity contribution in [1.82, 2.24) is 9.62 Å². The van der Waals surface area contributed by atoms with Crippen molar-refractivity contribution >= 4 is 43.2 Å². The van der Waals surface area contributed by atoms with Gasteiger partial charge in [-0.2, -0.15) is 0 Å². The fourth-order valence-electron chi connectivity index (χ4n) is 1.93. The SMILES string of the molecule is CN(Cc1cccs1)C(=O)CCNS(=O)(=O)c1cccc(Br)c1. The molecule has 8 heteroatoms. The van der Waals surface area contributed by atoms with Crippen LogP contribution < -0.4 is 4.72 Å².